The first-order valence-electron chi connectivity index (χ1n) is 6.77. The van der Waals surface area contributed by atoms with Gasteiger partial charge in [-0.05, 0) is 6.42 Å². The van der Waals surface area contributed by atoms with Gasteiger partial charge in [0.2, 0.25) is 0 Å². The van der Waals surface area contributed by atoms with Crippen molar-refractivity contribution < 1.29 is 29.0 Å². The van der Waals surface area contributed by atoms with Crippen molar-refractivity contribution in [2.45, 2.75) is 32.2 Å². The lowest BCUT2D eigenvalue weighted by Gasteiger charge is -2.25. The number of nitrogens with zero attached hydrogens (tertiary/aromatic N) is 1. The summed E-state index contributed by atoms with van der Waals surface area (Å²) in [4.78, 5) is 35.4. The molecule has 0 spiro atoms. The Bertz CT molecular complexity index is 348. The molecule has 8 nitrogen and oxygen atoms in total. The third-order valence-corrected chi connectivity index (χ3v) is 2.91. The number of carboxylic acid groups (broad SMARTS) is 1. The smallest absolute Gasteiger partial charge is 0.317 e. The molecule has 0 aliphatic heterocycles. The molecule has 0 aromatic carbocycles. The molecule has 2 amide bonds. The van der Waals surface area contributed by atoms with E-state index in [1.54, 1.807) is 6.92 Å². The number of hydrogen-bond acceptors (Lipinski definition) is 5. The van der Waals surface area contributed by atoms with Crippen molar-refractivity contribution in [3.63, 3.8) is 0 Å². The Morgan fingerprint density at radius 3 is 2.38 bits per heavy atom. The van der Waals surface area contributed by atoms with Gasteiger partial charge in [-0.2, -0.15) is 0 Å². The number of urea groups is 1. The highest BCUT2D eigenvalue weighted by atomic mass is 16.5. The summed E-state index contributed by atoms with van der Waals surface area (Å²) in [5.41, 5.74) is 0. The van der Waals surface area contributed by atoms with Crippen LogP contribution in [0.25, 0.3) is 0 Å². The van der Waals surface area contributed by atoms with Crippen LogP contribution in [0.4, 0.5) is 4.79 Å². The first kappa shape index (κ1) is 19.2. The number of methoxy groups -OCH3 is 2. The summed E-state index contributed by atoms with van der Waals surface area (Å²) in [5, 5.41) is 11.4. The molecule has 0 fully saturated rings. The van der Waals surface area contributed by atoms with Gasteiger partial charge in [-0.25, -0.2) is 4.79 Å². The Labute approximate surface area is 124 Å². The van der Waals surface area contributed by atoms with E-state index in [1.165, 1.54) is 19.1 Å². The largest absolute Gasteiger partial charge is 0.481 e. The highest BCUT2D eigenvalue weighted by molar-refractivity contribution is 5.77. The molecule has 0 rings (SSSR count). The van der Waals surface area contributed by atoms with Gasteiger partial charge in [0, 0.05) is 26.2 Å². The van der Waals surface area contributed by atoms with Gasteiger partial charge < -0.3 is 24.8 Å². The zero-order valence-electron chi connectivity index (χ0n) is 12.8. The third kappa shape index (κ3) is 8.85. The highest BCUT2D eigenvalue weighted by Crippen LogP contribution is 2.01. The Morgan fingerprint density at radius 1 is 1.24 bits per heavy atom. The van der Waals surface area contributed by atoms with E-state index in [4.69, 9.17) is 9.84 Å². The van der Waals surface area contributed by atoms with Gasteiger partial charge in [0.25, 0.3) is 0 Å². The number of ether oxygens (including phenoxy) is 2. The van der Waals surface area contributed by atoms with E-state index in [0.717, 1.165) is 0 Å². The fourth-order valence-corrected chi connectivity index (χ4v) is 1.62. The maximum atomic E-state index is 12.1. The lowest BCUT2D eigenvalue weighted by molar-refractivity contribution is -0.141. The molecule has 122 valence electrons. The quantitative estimate of drug-likeness (QED) is 0.568. The molecule has 0 aliphatic carbocycles. The van der Waals surface area contributed by atoms with E-state index in [2.05, 4.69) is 10.1 Å². The van der Waals surface area contributed by atoms with E-state index in [9.17, 15) is 14.4 Å². The van der Waals surface area contributed by atoms with Crippen molar-refractivity contribution in [1.82, 2.24) is 10.2 Å². The highest BCUT2D eigenvalue weighted by Gasteiger charge is 2.19. The molecule has 21 heavy (non-hydrogen) atoms. The number of aliphatic carboxylic acids is 1. The predicted octanol–water partition coefficient (Wildman–Crippen LogP) is 0.461. The predicted molar refractivity (Wildman–Crippen MR) is 74.9 cm³/mol. The van der Waals surface area contributed by atoms with Gasteiger partial charge in [-0.15, -0.1) is 0 Å². The first-order valence-corrected chi connectivity index (χ1v) is 6.77. The van der Waals surface area contributed by atoms with E-state index in [-0.39, 0.29) is 19.4 Å². The monoisotopic (exact) mass is 304 g/mol. The molecule has 0 aromatic heterocycles. The zero-order chi connectivity index (χ0) is 16.3. The molecular weight excluding hydrogens is 280 g/mol. The van der Waals surface area contributed by atoms with Gasteiger partial charge >= 0.3 is 18.0 Å². The van der Waals surface area contributed by atoms with E-state index in [0.29, 0.717) is 19.6 Å². The molecule has 1 unspecified atom stereocenters. The maximum absolute atomic E-state index is 12.1. The number of amides is 2. The van der Waals surface area contributed by atoms with Gasteiger partial charge in [0.15, 0.2) is 0 Å². The molecule has 2 N–H and O–H groups in total. The van der Waals surface area contributed by atoms with Crippen LogP contribution in [0.15, 0.2) is 0 Å². The number of esters is 1. The second-order valence-corrected chi connectivity index (χ2v) is 4.46. The van der Waals surface area contributed by atoms with Crippen LogP contribution in [0.5, 0.6) is 0 Å². The average Bonchev–Trinajstić information content (AvgIpc) is 2.45. The second kappa shape index (κ2) is 10.9. The van der Waals surface area contributed by atoms with Crippen LogP contribution in [-0.4, -0.2) is 67.9 Å². The summed E-state index contributed by atoms with van der Waals surface area (Å²) in [6.07, 6.45) is 0.438. The van der Waals surface area contributed by atoms with E-state index in [1.807, 2.05) is 0 Å². The summed E-state index contributed by atoms with van der Waals surface area (Å²) in [7, 11) is 2.79. The Kier molecular flexibility index (Phi) is 9.95. The summed E-state index contributed by atoms with van der Waals surface area (Å²) in [6.45, 7) is 2.61. The fraction of sp³-hybridized carbons (Fsp3) is 0.769. The molecule has 8 heteroatoms. The number of carboxylic acids is 1. The molecule has 0 bridgehead atoms. The van der Waals surface area contributed by atoms with Gasteiger partial charge in [-0.3, -0.25) is 9.59 Å². The van der Waals surface area contributed by atoms with E-state index < -0.39 is 24.0 Å². The Morgan fingerprint density at radius 2 is 1.90 bits per heavy atom. The topological polar surface area (TPSA) is 105 Å². The van der Waals surface area contributed by atoms with Crippen LogP contribution in [-0.2, 0) is 19.1 Å². The van der Waals surface area contributed by atoms with Crippen LogP contribution >= 0.6 is 0 Å². The lowest BCUT2D eigenvalue weighted by Crippen LogP contribution is -2.47. The average molecular weight is 304 g/mol. The van der Waals surface area contributed by atoms with Crippen molar-refractivity contribution in [3.8, 4) is 0 Å². The minimum absolute atomic E-state index is 0.0728. The second-order valence-electron chi connectivity index (χ2n) is 4.46. The van der Waals surface area contributed by atoms with Crippen molar-refractivity contribution in [2.24, 2.45) is 0 Å². The number of hydrogen-bond donors (Lipinski definition) is 2. The lowest BCUT2D eigenvalue weighted by atomic mass is 10.1. The SMILES string of the molecule is CCC(CC(=O)O)NC(=O)N(CCOC)CCC(=O)OC. The Balaban J connectivity index is 4.53. The van der Waals surface area contributed by atoms with Crippen LogP contribution in [0.1, 0.15) is 26.2 Å². The number of carbonyl (C=O) groups is 3. The zero-order valence-corrected chi connectivity index (χ0v) is 12.8. The molecule has 1 atom stereocenters. The molecule has 0 aromatic rings. The first-order chi connectivity index (χ1) is 9.94. The van der Waals surface area contributed by atoms with Crippen LogP contribution in [0.2, 0.25) is 0 Å². The number of carbonyl (C=O) groups excluding carboxylic acids is 2. The van der Waals surface area contributed by atoms with Crippen molar-refractivity contribution in [2.75, 3.05) is 33.9 Å². The minimum atomic E-state index is -0.972. The van der Waals surface area contributed by atoms with Gasteiger partial charge in [0.1, 0.15) is 0 Å². The summed E-state index contributed by atoms with van der Waals surface area (Å²) in [6, 6.07) is -0.859. The standard InChI is InChI=1S/C13H24N2O6/c1-4-10(9-11(16)17)14-13(19)15(7-8-20-2)6-5-12(18)21-3/h10H,4-9H2,1-3H3,(H,14,19)(H,16,17). The minimum Gasteiger partial charge on any atom is -0.481 e. The molecular formula is C13H24N2O6. The number of nitrogens with one attached hydrogen (secondary N) is 1. The van der Waals surface area contributed by atoms with Crippen LogP contribution < -0.4 is 5.32 Å². The van der Waals surface area contributed by atoms with Crippen LogP contribution in [0.3, 0.4) is 0 Å². The molecule has 0 saturated heterocycles. The Hall–Kier alpha value is -1.83. The molecule has 0 saturated carbocycles. The summed E-state index contributed by atoms with van der Waals surface area (Å²) >= 11 is 0. The summed E-state index contributed by atoms with van der Waals surface area (Å²) in [5.74, 6) is -1.39. The summed E-state index contributed by atoms with van der Waals surface area (Å²) < 4.78 is 9.45. The van der Waals surface area contributed by atoms with Crippen molar-refractivity contribution in [1.29, 1.82) is 0 Å². The maximum Gasteiger partial charge on any atom is 0.317 e. The van der Waals surface area contributed by atoms with E-state index >= 15 is 0 Å². The third-order valence-electron chi connectivity index (χ3n) is 2.91. The molecule has 0 aliphatic rings. The van der Waals surface area contributed by atoms with Gasteiger partial charge in [-0.1, -0.05) is 6.92 Å². The molecule has 0 radical (unpaired) electrons. The molecule has 0 heterocycles. The van der Waals surface area contributed by atoms with Crippen molar-refractivity contribution >= 4 is 18.0 Å². The number of rotatable bonds is 10. The fourth-order valence-electron chi connectivity index (χ4n) is 1.62. The van der Waals surface area contributed by atoms with Crippen molar-refractivity contribution in [3.05, 3.63) is 0 Å². The van der Waals surface area contributed by atoms with Crippen LogP contribution in [0, 0.1) is 0 Å². The van der Waals surface area contributed by atoms with Gasteiger partial charge in [0.05, 0.1) is 26.6 Å². The normalized spacial score (nSPS) is 11.6.